The predicted octanol–water partition coefficient (Wildman–Crippen LogP) is 3.42. The Kier molecular flexibility index (Phi) is 5.76. The van der Waals surface area contributed by atoms with Crippen molar-refractivity contribution >= 4 is 11.7 Å². The largest absolute Gasteiger partial charge is 0.469 e. The summed E-state index contributed by atoms with van der Waals surface area (Å²) in [6, 6.07) is 17.3. The summed E-state index contributed by atoms with van der Waals surface area (Å²) < 4.78 is 4.81. The van der Waals surface area contributed by atoms with Gasteiger partial charge in [0.05, 0.1) is 25.2 Å². The maximum atomic E-state index is 11.7. The van der Waals surface area contributed by atoms with Gasteiger partial charge in [-0.25, -0.2) is 0 Å². The number of nitriles is 1. The van der Waals surface area contributed by atoms with Gasteiger partial charge in [-0.2, -0.15) is 5.26 Å². The monoisotopic (exact) mass is 308 g/mol. The van der Waals surface area contributed by atoms with Crippen LogP contribution in [0.25, 0.3) is 0 Å². The first kappa shape index (κ1) is 16.6. The molecule has 1 atom stereocenters. The number of nitrogens with zero attached hydrogens (tertiary/aromatic N) is 1. The number of hydrogen-bond donors (Lipinski definition) is 1. The van der Waals surface area contributed by atoms with Gasteiger partial charge >= 0.3 is 5.97 Å². The molecule has 4 nitrogen and oxygen atoms in total. The number of ether oxygens (including phenoxy) is 1. The lowest BCUT2D eigenvalue weighted by Crippen LogP contribution is -2.10. The van der Waals surface area contributed by atoms with Crippen molar-refractivity contribution in [3.63, 3.8) is 0 Å². The minimum Gasteiger partial charge on any atom is -0.469 e. The van der Waals surface area contributed by atoms with Crippen molar-refractivity contribution in [1.82, 2.24) is 0 Å². The number of benzene rings is 2. The molecule has 0 aliphatic carbocycles. The van der Waals surface area contributed by atoms with Crippen LogP contribution in [-0.4, -0.2) is 13.1 Å². The van der Waals surface area contributed by atoms with Crippen LogP contribution in [0.1, 0.15) is 35.4 Å². The van der Waals surface area contributed by atoms with E-state index < -0.39 is 0 Å². The third-order valence-electron chi connectivity index (χ3n) is 3.89. The molecule has 0 aliphatic rings. The van der Waals surface area contributed by atoms with Crippen LogP contribution < -0.4 is 5.73 Å². The number of hydrogen-bond acceptors (Lipinski definition) is 4. The maximum absolute atomic E-state index is 11.7. The minimum atomic E-state index is -0.241. The lowest BCUT2D eigenvalue weighted by atomic mass is 9.89. The van der Waals surface area contributed by atoms with Crippen LogP contribution in [0.2, 0.25) is 0 Å². The van der Waals surface area contributed by atoms with E-state index >= 15 is 0 Å². The Morgan fingerprint density at radius 2 is 2.00 bits per heavy atom. The molecule has 4 heteroatoms. The fourth-order valence-corrected chi connectivity index (χ4v) is 2.56. The van der Waals surface area contributed by atoms with Crippen LogP contribution in [0.15, 0.2) is 48.5 Å². The average molecular weight is 308 g/mol. The second-order valence-electron chi connectivity index (χ2n) is 5.49. The summed E-state index contributed by atoms with van der Waals surface area (Å²) in [5.41, 5.74) is 9.20. The summed E-state index contributed by atoms with van der Waals surface area (Å²) in [6.07, 6.45) is 1.94. The summed E-state index contributed by atoms with van der Waals surface area (Å²) in [4.78, 5) is 11.7. The molecule has 0 heterocycles. The Bertz CT molecular complexity index is 702. The first-order chi connectivity index (χ1) is 11.1. The molecule has 0 radical (unpaired) electrons. The van der Waals surface area contributed by atoms with Gasteiger partial charge in [0.25, 0.3) is 0 Å². The summed E-state index contributed by atoms with van der Waals surface area (Å²) in [5, 5.41) is 9.05. The second kappa shape index (κ2) is 8.00. The highest BCUT2D eigenvalue weighted by molar-refractivity contribution is 5.70. The van der Waals surface area contributed by atoms with Crippen LogP contribution in [0.4, 0.5) is 5.69 Å². The Morgan fingerprint density at radius 3 is 2.65 bits per heavy atom. The molecule has 0 saturated heterocycles. The molecule has 0 amide bonds. The summed E-state index contributed by atoms with van der Waals surface area (Å²) in [7, 11) is 1.39. The fraction of sp³-hybridized carbons (Fsp3) is 0.263. The molecule has 0 spiro atoms. The zero-order valence-corrected chi connectivity index (χ0v) is 13.2. The number of nitrogen functional groups attached to an aromatic ring is 1. The van der Waals surface area contributed by atoms with Crippen LogP contribution in [0.3, 0.4) is 0 Å². The van der Waals surface area contributed by atoms with Crippen molar-refractivity contribution in [1.29, 1.82) is 5.26 Å². The molecule has 0 aliphatic heterocycles. The van der Waals surface area contributed by atoms with Gasteiger partial charge in [-0.15, -0.1) is 0 Å². The SMILES string of the molecule is COC(=O)CC(CCc1ccc(N)cc1)c1cccc(C#N)c1. The fourth-order valence-electron chi connectivity index (χ4n) is 2.56. The summed E-state index contributed by atoms with van der Waals surface area (Å²) >= 11 is 0. The molecule has 2 rings (SSSR count). The first-order valence-electron chi connectivity index (χ1n) is 7.53. The van der Waals surface area contributed by atoms with Crippen LogP contribution >= 0.6 is 0 Å². The molecule has 2 aromatic carbocycles. The Morgan fingerprint density at radius 1 is 1.26 bits per heavy atom. The van der Waals surface area contributed by atoms with E-state index in [1.54, 1.807) is 6.07 Å². The molecule has 118 valence electrons. The maximum Gasteiger partial charge on any atom is 0.306 e. The van der Waals surface area contributed by atoms with E-state index in [2.05, 4.69) is 6.07 Å². The number of methoxy groups -OCH3 is 1. The topological polar surface area (TPSA) is 76.1 Å². The van der Waals surface area contributed by atoms with E-state index in [1.165, 1.54) is 12.7 Å². The number of aryl methyl sites for hydroxylation is 1. The molecular formula is C19H20N2O2. The van der Waals surface area contributed by atoms with E-state index in [0.29, 0.717) is 12.0 Å². The van der Waals surface area contributed by atoms with Crippen molar-refractivity contribution in [3.8, 4) is 6.07 Å². The summed E-state index contributed by atoms with van der Waals surface area (Å²) in [5.74, 6) is -0.219. The summed E-state index contributed by atoms with van der Waals surface area (Å²) in [6.45, 7) is 0. The predicted molar refractivity (Wildman–Crippen MR) is 89.7 cm³/mol. The van der Waals surface area contributed by atoms with Gasteiger partial charge in [0, 0.05) is 5.69 Å². The average Bonchev–Trinajstić information content (AvgIpc) is 2.59. The highest BCUT2D eigenvalue weighted by Crippen LogP contribution is 2.26. The lowest BCUT2D eigenvalue weighted by molar-refractivity contribution is -0.141. The van der Waals surface area contributed by atoms with Crippen LogP contribution in [-0.2, 0) is 16.0 Å². The van der Waals surface area contributed by atoms with Crippen molar-refractivity contribution in [2.75, 3.05) is 12.8 Å². The Balaban J connectivity index is 2.14. The number of rotatable bonds is 6. The standard InChI is InChI=1S/C19H20N2O2/c1-23-19(22)12-17(16-4-2-3-15(11-16)13-20)8-5-14-6-9-18(21)10-7-14/h2-4,6-7,9-11,17H,5,8,12,21H2,1H3. The van der Waals surface area contributed by atoms with Gasteiger partial charge in [0.2, 0.25) is 0 Å². The van der Waals surface area contributed by atoms with E-state index in [0.717, 1.165) is 24.1 Å². The van der Waals surface area contributed by atoms with E-state index in [-0.39, 0.29) is 11.9 Å². The van der Waals surface area contributed by atoms with Gasteiger partial charge in [0.1, 0.15) is 0 Å². The molecule has 2 N–H and O–H groups in total. The lowest BCUT2D eigenvalue weighted by Gasteiger charge is -2.16. The molecule has 1 unspecified atom stereocenters. The third-order valence-corrected chi connectivity index (χ3v) is 3.89. The van der Waals surface area contributed by atoms with E-state index in [9.17, 15) is 4.79 Å². The van der Waals surface area contributed by atoms with Crippen molar-refractivity contribution in [2.45, 2.75) is 25.2 Å². The molecule has 0 saturated carbocycles. The zero-order chi connectivity index (χ0) is 16.7. The number of esters is 1. The molecule has 2 aromatic rings. The Labute approximate surface area is 136 Å². The zero-order valence-electron chi connectivity index (χ0n) is 13.2. The second-order valence-corrected chi connectivity index (χ2v) is 5.49. The van der Waals surface area contributed by atoms with Gasteiger partial charge in [-0.1, -0.05) is 24.3 Å². The van der Waals surface area contributed by atoms with Gasteiger partial charge < -0.3 is 10.5 Å². The van der Waals surface area contributed by atoms with Crippen molar-refractivity contribution in [3.05, 3.63) is 65.2 Å². The smallest absolute Gasteiger partial charge is 0.306 e. The molecule has 23 heavy (non-hydrogen) atoms. The van der Waals surface area contributed by atoms with E-state index in [4.69, 9.17) is 15.7 Å². The van der Waals surface area contributed by atoms with Crippen molar-refractivity contribution < 1.29 is 9.53 Å². The van der Waals surface area contributed by atoms with Crippen molar-refractivity contribution in [2.24, 2.45) is 0 Å². The van der Waals surface area contributed by atoms with E-state index in [1.807, 2.05) is 42.5 Å². The van der Waals surface area contributed by atoms with Gasteiger partial charge in [0.15, 0.2) is 0 Å². The quantitative estimate of drug-likeness (QED) is 0.655. The number of anilines is 1. The van der Waals surface area contributed by atoms with Crippen LogP contribution in [0.5, 0.6) is 0 Å². The highest BCUT2D eigenvalue weighted by atomic mass is 16.5. The molecule has 0 fully saturated rings. The third kappa shape index (κ3) is 4.86. The number of carbonyl (C=O) groups is 1. The first-order valence-corrected chi connectivity index (χ1v) is 7.53. The molecule has 0 aromatic heterocycles. The number of nitrogens with two attached hydrogens (primary N) is 1. The minimum absolute atomic E-state index is 0.0216. The van der Waals surface area contributed by atoms with Crippen LogP contribution in [0, 0.1) is 11.3 Å². The normalized spacial score (nSPS) is 11.5. The highest BCUT2D eigenvalue weighted by Gasteiger charge is 2.17. The van der Waals surface area contributed by atoms with Gasteiger partial charge in [-0.3, -0.25) is 4.79 Å². The number of carbonyl (C=O) groups excluding carboxylic acids is 1. The Hall–Kier alpha value is -2.80. The molecular weight excluding hydrogens is 288 g/mol. The molecule has 0 bridgehead atoms. The van der Waals surface area contributed by atoms with Gasteiger partial charge in [-0.05, 0) is 54.2 Å².